The number of phenols is 1. The molecule has 2 aromatic heterocycles. The molecule has 1 N–H and O–H groups in total. The molecule has 14 heteroatoms. The third-order valence-corrected chi connectivity index (χ3v) is 4.78. The van der Waals surface area contributed by atoms with Gasteiger partial charge in [0.2, 0.25) is 0 Å². The van der Waals surface area contributed by atoms with Crippen molar-refractivity contribution in [1.29, 1.82) is 0 Å². The number of halogens is 2. The lowest BCUT2D eigenvalue weighted by atomic mass is 10.2. The van der Waals surface area contributed by atoms with E-state index in [4.69, 9.17) is 28.3 Å². The highest BCUT2D eigenvalue weighted by Crippen LogP contribution is 2.39. The summed E-state index contributed by atoms with van der Waals surface area (Å²) in [7, 11) is 0. The van der Waals surface area contributed by atoms with Crippen molar-refractivity contribution >= 4 is 45.9 Å². The lowest BCUT2D eigenvalue weighted by Gasteiger charge is -2.00. The summed E-state index contributed by atoms with van der Waals surface area (Å²) < 4.78 is 1.96. The summed E-state index contributed by atoms with van der Waals surface area (Å²) in [6.07, 6.45) is 3.90. The van der Waals surface area contributed by atoms with E-state index >= 15 is 0 Å². The van der Waals surface area contributed by atoms with Crippen molar-refractivity contribution < 1.29 is 19.9 Å². The standard InChI is InChI=1S/C13H8Cl2N2.C6H3N3O7/c14-9-4-5-10(11(15)7-9)12-8-17-6-2-1-3-13(17)16-12;10-6-4(8(13)14)1-3(7(11)12)2-5(6)9(15)16/h1-8H;1-2,10H. The van der Waals surface area contributed by atoms with Crippen molar-refractivity contribution in [3.8, 4) is 17.0 Å². The SMILES string of the molecule is Clc1ccc(-c2cn3ccccc3n2)c(Cl)c1.O=[N+]([O-])c1cc([N+](=O)[O-])c(O)c([N+](=O)[O-])c1. The number of non-ortho nitro benzene ring substituents is 1. The maximum Gasteiger partial charge on any atom is 0.324 e. The van der Waals surface area contributed by atoms with E-state index in [9.17, 15) is 30.3 Å². The molecule has 33 heavy (non-hydrogen) atoms. The Morgan fingerprint density at radius 1 is 0.879 bits per heavy atom. The summed E-state index contributed by atoms with van der Waals surface area (Å²) in [5.74, 6) is -1.21. The van der Waals surface area contributed by atoms with Gasteiger partial charge >= 0.3 is 11.4 Å². The summed E-state index contributed by atoms with van der Waals surface area (Å²) >= 11 is 12.0. The average Bonchev–Trinajstić information content (AvgIpc) is 3.17. The lowest BCUT2D eigenvalue weighted by molar-refractivity contribution is -0.404. The molecule has 0 bridgehead atoms. The second kappa shape index (κ2) is 9.46. The predicted molar refractivity (Wildman–Crippen MR) is 119 cm³/mol. The van der Waals surface area contributed by atoms with Gasteiger partial charge in [-0.2, -0.15) is 0 Å². The number of hydrogen-bond acceptors (Lipinski definition) is 8. The molecule has 168 valence electrons. The second-order valence-electron chi connectivity index (χ2n) is 6.32. The van der Waals surface area contributed by atoms with Gasteiger partial charge in [-0.05, 0) is 30.3 Å². The number of aromatic hydroxyl groups is 1. The molecule has 2 aromatic carbocycles. The van der Waals surface area contributed by atoms with Gasteiger partial charge in [0.05, 0.1) is 37.6 Å². The number of benzene rings is 2. The Morgan fingerprint density at radius 3 is 2.03 bits per heavy atom. The van der Waals surface area contributed by atoms with Crippen LogP contribution in [-0.2, 0) is 0 Å². The van der Waals surface area contributed by atoms with Gasteiger partial charge in [-0.15, -0.1) is 0 Å². The first-order valence-electron chi connectivity index (χ1n) is 8.78. The molecule has 0 saturated carbocycles. The van der Waals surface area contributed by atoms with Crippen LogP contribution in [0.2, 0.25) is 10.0 Å². The van der Waals surface area contributed by atoms with Gasteiger partial charge in [-0.25, -0.2) is 4.98 Å². The van der Waals surface area contributed by atoms with Crippen LogP contribution in [0.1, 0.15) is 0 Å². The van der Waals surface area contributed by atoms with Crippen LogP contribution in [0.5, 0.6) is 5.75 Å². The first-order chi connectivity index (χ1) is 15.6. The van der Waals surface area contributed by atoms with Crippen LogP contribution < -0.4 is 0 Å². The number of phenolic OH excluding ortho intramolecular Hbond substituents is 1. The summed E-state index contributed by atoms with van der Waals surface area (Å²) in [4.78, 5) is 32.3. The van der Waals surface area contributed by atoms with Crippen molar-refractivity contribution in [3.05, 3.63) is 101 Å². The minimum Gasteiger partial charge on any atom is -0.497 e. The van der Waals surface area contributed by atoms with Gasteiger partial charge in [0, 0.05) is 23.0 Å². The van der Waals surface area contributed by atoms with Gasteiger partial charge in [0.1, 0.15) is 5.65 Å². The number of imidazole rings is 1. The number of rotatable bonds is 4. The van der Waals surface area contributed by atoms with E-state index in [1.807, 2.05) is 47.1 Å². The third-order valence-electron chi connectivity index (χ3n) is 4.23. The highest BCUT2D eigenvalue weighted by Gasteiger charge is 2.30. The van der Waals surface area contributed by atoms with Crippen molar-refractivity contribution in [2.45, 2.75) is 0 Å². The van der Waals surface area contributed by atoms with E-state index < -0.39 is 37.6 Å². The van der Waals surface area contributed by atoms with Crippen LogP contribution in [-0.4, -0.2) is 29.3 Å². The molecule has 0 fully saturated rings. The average molecular weight is 492 g/mol. The van der Waals surface area contributed by atoms with E-state index in [1.54, 1.807) is 6.07 Å². The predicted octanol–water partition coefficient (Wildman–Crippen LogP) is 5.42. The third kappa shape index (κ3) is 5.14. The molecule has 4 rings (SSSR count). The molecule has 0 aliphatic carbocycles. The molecule has 0 saturated heterocycles. The Hall–Kier alpha value is -4.29. The molecular formula is C19H11Cl2N5O7. The minimum atomic E-state index is -1.21. The smallest absolute Gasteiger partial charge is 0.324 e. The molecule has 4 aromatic rings. The van der Waals surface area contributed by atoms with Gasteiger partial charge < -0.3 is 9.51 Å². The van der Waals surface area contributed by atoms with E-state index in [0.717, 1.165) is 16.9 Å². The molecule has 0 aliphatic rings. The van der Waals surface area contributed by atoms with E-state index in [2.05, 4.69) is 4.98 Å². The van der Waals surface area contributed by atoms with Crippen molar-refractivity contribution in [3.63, 3.8) is 0 Å². The monoisotopic (exact) mass is 491 g/mol. The van der Waals surface area contributed by atoms with Crippen LogP contribution in [0.15, 0.2) is 60.9 Å². The van der Waals surface area contributed by atoms with Gasteiger partial charge in [-0.1, -0.05) is 29.3 Å². The highest BCUT2D eigenvalue weighted by atomic mass is 35.5. The largest absolute Gasteiger partial charge is 0.497 e. The molecule has 12 nitrogen and oxygen atoms in total. The molecule has 0 spiro atoms. The Kier molecular flexibility index (Phi) is 6.70. The number of fused-ring (bicyclic) bond motifs is 1. The van der Waals surface area contributed by atoms with E-state index in [-0.39, 0.29) is 0 Å². The zero-order chi connectivity index (χ0) is 24.3. The van der Waals surface area contributed by atoms with Gasteiger partial charge in [0.25, 0.3) is 11.4 Å². The molecule has 0 atom stereocenters. The molecule has 0 aliphatic heterocycles. The zero-order valence-electron chi connectivity index (χ0n) is 16.2. The Balaban J connectivity index is 0.000000186. The minimum absolute atomic E-state index is 0.447. The number of aromatic nitrogens is 2. The molecule has 0 radical (unpaired) electrons. The van der Waals surface area contributed by atoms with Gasteiger partial charge in [0.15, 0.2) is 0 Å². The first kappa shape index (κ1) is 23.4. The topological polar surface area (TPSA) is 167 Å². The number of nitrogens with zero attached hydrogens (tertiary/aromatic N) is 5. The second-order valence-corrected chi connectivity index (χ2v) is 7.16. The Labute approximate surface area is 193 Å². The maximum absolute atomic E-state index is 10.4. The van der Waals surface area contributed by atoms with Gasteiger partial charge in [-0.3, -0.25) is 30.3 Å². The van der Waals surface area contributed by atoms with Crippen LogP contribution in [0.25, 0.3) is 16.9 Å². The fraction of sp³-hybridized carbons (Fsp3) is 0. The maximum atomic E-state index is 10.4. The number of pyridine rings is 1. The zero-order valence-corrected chi connectivity index (χ0v) is 17.7. The lowest BCUT2D eigenvalue weighted by Crippen LogP contribution is -1.97. The summed E-state index contributed by atoms with van der Waals surface area (Å²) in [5, 5.41) is 41.5. The Bertz CT molecular complexity index is 1340. The fourth-order valence-electron chi connectivity index (χ4n) is 2.74. The summed E-state index contributed by atoms with van der Waals surface area (Å²) in [6.45, 7) is 0. The Morgan fingerprint density at radius 2 is 1.52 bits per heavy atom. The van der Waals surface area contributed by atoms with Crippen molar-refractivity contribution in [2.75, 3.05) is 0 Å². The number of nitro benzene ring substituents is 3. The molecular weight excluding hydrogens is 481 g/mol. The summed E-state index contributed by atoms with van der Waals surface area (Å²) in [6, 6.07) is 12.2. The quantitative estimate of drug-likeness (QED) is 0.291. The summed E-state index contributed by atoms with van der Waals surface area (Å²) in [5.41, 5.74) is -0.371. The fourth-order valence-corrected chi connectivity index (χ4v) is 3.24. The van der Waals surface area contributed by atoms with E-state index in [1.165, 1.54) is 0 Å². The van der Waals surface area contributed by atoms with Crippen LogP contribution in [0, 0.1) is 30.3 Å². The van der Waals surface area contributed by atoms with Crippen molar-refractivity contribution in [1.82, 2.24) is 9.38 Å². The van der Waals surface area contributed by atoms with E-state index in [0.29, 0.717) is 22.2 Å². The highest BCUT2D eigenvalue weighted by molar-refractivity contribution is 6.36. The first-order valence-corrected chi connectivity index (χ1v) is 9.53. The normalized spacial score (nSPS) is 10.4. The number of hydrogen-bond donors (Lipinski definition) is 1. The molecule has 0 unspecified atom stereocenters. The van der Waals surface area contributed by atoms with Crippen molar-refractivity contribution in [2.24, 2.45) is 0 Å². The number of nitro groups is 3. The molecule has 2 heterocycles. The van der Waals surface area contributed by atoms with Crippen LogP contribution in [0.4, 0.5) is 17.1 Å². The molecule has 0 amide bonds. The van der Waals surface area contributed by atoms with Crippen LogP contribution in [0.3, 0.4) is 0 Å². The van der Waals surface area contributed by atoms with Crippen LogP contribution >= 0.6 is 23.2 Å².